The largest absolute Gasteiger partial charge is 0.469 e. The molecule has 2 bridgehead atoms. The van der Waals surface area contributed by atoms with Gasteiger partial charge in [-0.15, -0.1) is 0 Å². The van der Waals surface area contributed by atoms with Gasteiger partial charge in [-0.3, -0.25) is 9.59 Å². The normalized spacial score (nSPS) is 50.0. The van der Waals surface area contributed by atoms with E-state index in [0.29, 0.717) is 39.6 Å². The van der Waals surface area contributed by atoms with E-state index in [1.807, 2.05) is 0 Å². The fraction of sp³-hybridized carbons (Fsp3) is 0.943. The Balaban J connectivity index is 1.24. The Kier molecular flexibility index (Phi) is 6.67. The predicted molar refractivity (Wildman–Crippen MR) is 155 cm³/mol. The van der Waals surface area contributed by atoms with Gasteiger partial charge in [0.25, 0.3) is 0 Å². The van der Waals surface area contributed by atoms with Gasteiger partial charge in [-0.1, -0.05) is 48.5 Å². The first-order valence-corrected chi connectivity index (χ1v) is 16.5. The summed E-state index contributed by atoms with van der Waals surface area (Å²) in [6.45, 7) is 18.7. The number of methoxy groups -OCH3 is 1. The summed E-state index contributed by atoms with van der Waals surface area (Å²) in [4.78, 5) is 24.3. The van der Waals surface area contributed by atoms with Crippen LogP contribution in [0.5, 0.6) is 0 Å². The van der Waals surface area contributed by atoms with Crippen LogP contribution in [0, 0.1) is 56.2 Å². The molecule has 1 heterocycles. The highest BCUT2D eigenvalue weighted by Gasteiger charge is 2.72. The van der Waals surface area contributed by atoms with E-state index < -0.39 is 0 Å². The lowest BCUT2D eigenvalue weighted by atomic mass is 9.31. The van der Waals surface area contributed by atoms with Crippen LogP contribution in [0.1, 0.15) is 126 Å². The molecular weight excluding hydrogens is 500 g/mol. The molecule has 5 saturated carbocycles. The van der Waals surface area contributed by atoms with Crippen LogP contribution in [0.25, 0.3) is 0 Å². The van der Waals surface area contributed by atoms with Crippen molar-refractivity contribution in [2.24, 2.45) is 56.2 Å². The maximum Gasteiger partial charge on any atom is 0.306 e. The summed E-state index contributed by atoms with van der Waals surface area (Å²) in [6.07, 6.45) is 13.2. The topological polar surface area (TPSA) is 61.8 Å². The SMILES string of the molecule is COC(=O)CCC(=O)O[C@H]1CC[C@@]2(C)C(CC[C@]3(C)C2CCC2C4C5OCC4(CCC5(C)C)CC[C@]23C)C1(C)C. The molecule has 5 nitrogen and oxygen atoms in total. The van der Waals surface area contributed by atoms with E-state index in [9.17, 15) is 9.59 Å². The molecule has 1 saturated heterocycles. The number of esters is 2. The molecule has 10 atom stereocenters. The molecule has 6 rings (SSSR count). The van der Waals surface area contributed by atoms with Gasteiger partial charge in [0.2, 0.25) is 0 Å². The van der Waals surface area contributed by atoms with Gasteiger partial charge >= 0.3 is 11.9 Å². The highest BCUT2D eigenvalue weighted by atomic mass is 16.5. The summed E-state index contributed by atoms with van der Waals surface area (Å²) in [7, 11) is 1.36. The molecule has 226 valence electrons. The Hall–Kier alpha value is -1.10. The van der Waals surface area contributed by atoms with Crippen molar-refractivity contribution in [3.8, 4) is 0 Å². The zero-order chi connectivity index (χ0) is 28.9. The number of rotatable bonds is 4. The minimum absolute atomic E-state index is 0.0794. The average molecular weight is 557 g/mol. The van der Waals surface area contributed by atoms with Crippen molar-refractivity contribution in [2.45, 2.75) is 138 Å². The van der Waals surface area contributed by atoms with Crippen molar-refractivity contribution in [1.82, 2.24) is 0 Å². The minimum atomic E-state index is -0.354. The van der Waals surface area contributed by atoms with E-state index >= 15 is 0 Å². The van der Waals surface area contributed by atoms with Crippen LogP contribution >= 0.6 is 0 Å². The minimum Gasteiger partial charge on any atom is -0.469 e. The highest BCUT2D eigenvalue weighted by Crippen LogP contribution is 2.78. The zero-order valence-electron chi connectivity index (χ0n) is 26.7. The molecule has 0 aromatic heterocycles. The van der Waals surface area contributed by atoms with E-state index in [-0.39, 0.29) is 41.7 Å². The second kappa shape index (κ2) is 9.20. The van der Waals surface area contributed by atoms with Gasteiger partial charge in [0, 0.05) is 5.41 Å². The summed E-state index contributed by atoms with van der Waals surface area (Å²) in [5.41, 5.74) is 1.61. The molecule has 6 unspecified atom stereocenters. The molecule has 0 aromatic carbocycles. The Morgan fingerprint density at radius 1 is 0.750 bits per heavy atom. The summed E-state index contributed by atoms with van der Waals surface area (Å²) in [5.74, 6) is 2.13. The Bertz CT molecular complexity index is 1050. The van der Waals surface area contributed by atoms with Crippen LogP contribution in [0.3, 0.4) is 0 Å². The number of hydrogen-bond acceptors (Lipinski definition) is 5. The molecule has 0 aromatic rings. The molecule has 1 aliphatic heterocycles. The van der Waals surface area contributed by atoms with Gasteiger partial charge < -0.3 is 14.2 Å². The first kappa shape index (κ1) is 29.0. The second-order valence-corrected chi connectivity index (χ2v) is 17.2. The van der Waals surface area contributed by atoms with E-state index in [2.05, 4.69) is 48.5 Å². The van der Waals surface area contributed by atoms with Crippen LogP contribution in [0.15, 0.2) is 0 Å². The maximum absolute atomic E-state index is 12.7. The third-order valence-electron chi connectivity index (χ3n) is 15.1. The first-order chi connectivity index (χ1) is 18.6. The summed E-state index contributed by atoms with van der Waals surface area (Å²) < 4.78 is 17.6. The molecule has 5 aliphatic carbocycles. The molecule has 40 heavy (non-hydrogen) atoms. The summed E-state index contributed by atoms with van der Waals surface area (Å²) in [6, 6.07) is 0. The fourth-order valence-electron chi connectivity index (χ4n) is 12.7. The lowest BCUT2D eigenvalue weighted by molar-refractivity contribution is -0.254. The smallest absolute Gasteiger partial charge is 0.306 e. The number of carbonyl (C=O) groups is 2. The lowest BCUT2D eigenvalue weighted by Gasteiger charge is -2.73. The van der Waals surface area contributed by atoms with Crippen molar-refractivity contribution in [3.63, 3.8) is 0 Å². The van der Waals surface area contributed by atoms with Gasteiger partial charge in [-0.05, 0) is 115 Å². The monoisotopic (exact) mass is 556 g/mol. The van der Waals surface area contributed by atoms with Gasteiger partial charge in [0.05, 0.1) is 32.7 Å². The maximum atomic E-state index is 12.7. The molecule has 0 radical (unpaired) electrons. The Labute approximate surface area is 243 Å². The van der Waals surface area contributed by atoms with Crippen LogP contribution < -0.4 is 0 Å². The molecular formula is C35H56O5. The van der Waals surface area contributed by atoms with Crippen LogP contribution in [-0.4, -0.2) is 37.9 Å². The Morgan fingerprint density at radius 2 is 1.45 bits per heavy atom. The second-order valence-electron chi connectivity index (χ2n) is 17.2. The van der Waals surface area contributed by atoms with Crippen LogP contribution in [0.4, 0.5) is 0 Å². The average Bonchev–Trinajstić information content (AvgIpc) is 3.23. The van der Waals surface area contributed by atoms with Crippen molar-refractivity contribution < 1.29 is 23.8 Å². The zero-order valence-corrected chi connectivity index (χ0v) is 26.7. The van der Waals surface area contributed by atoms with Crippen molar-refractivity contribution in [3.05, 3.63) is 0 Å². The predicted octanol–water partition coefficient (Wildman–Crippen LogP) is 7.74. The third kappa shape index (κ3) is 3.80. The summed E-state index contributed by atoms with van der Waals surface area (Å²) in [5, 5.41) is 0. The van der Waals surface area contributed by atoms with E-state index in [1.165, 1.54) is 58.5 Å². The van der Waals surface area contributed by atoms with E-state index in [4.69, 9.17) is 14.2 Å². The Morgan fingerprint density at radius 3 is 2.17 bits per heavy atom. The van der Waals surface area contributed by atoms with Crippen molar-refractivity contribution in [1.29, 1.82) is 0 Å². The van der Waals surface area contributed by atoms with E-state index in [1.54, 1.807) is 0 Å². The van der Waals surface area contributed by atoms with Gasteiger partial charge in [0.1, 0.15) is 6.10 Å². The van der Waals surface area contributed by atoms with Crippen molar-refractivity contribution >= 4 is 11.9 Å². The van der Waals surface area contributed by atoms with Gasteiger partial charge in [-0.25, -0.2) is 0 Å². The number of hydrogen-bond donors (Lipinski definition) is 0. The quantitative estimate of drug-likeness (QED) is 0.331. The van der Waals surface area contributed by atoms with Crippen LogP contribution in [0.2, 0.25) is 0 Å². The van der Waals surface area contributed by atoms with Gasteiger partial charge in [0.15, 0.2) is 0 Å². The number of fused-ring (bicyclic) bond motifs is 5. The highest BCUT2D eigenvalue weighted by molar-refractivity contribution is 5.77. The number of carbonyl (C=O) groups excluding carboxylic acids is 2. The molecule has 0 N–H and O–H groups in total. The third-order valence-corrected chi connectivity index (χ3v) is 15.1. The van der Waals surface area contributed by atoms with Gasteiger partial charge in [-0.2, -0.15) is 0 Å². The fourth-order valence-corrected chi connectivity index (χ4v) is 12.7. The van der Waals surface area contributed by atoms with Crippen molar-refractivity contribution in [2.75, 3.05) is 13.7 Å². The lowest BCUT2D eigenvalue weighted by Crippen LogP contribution is -2.67. The summed E-state index contributed by atoms with van der Waals surface area (Å²) >= 11 is 0. The molecule has 6 aliphatic rings. The van der Waals surface area contributed by atoms with Crippen LogP contribution in [-0.2, 0) is 23.8 Å². The molecule has 0 spiro atoms. The standard InChI is InChI=1S/C35H56O5/c1-30(2)17-19-35-20-18-33(6)22(28(35)29(30)39-21-35)9-10-24-32(5)15-14-25(40-27(37)12-11-26(36)38-8)31(3,4)23(32)13-16-34(24,33)7/h22-25,28-29H,9-21H2,1-8H3/t22?,23?,24?,25-,28?,29?,32-,33+,34+,35?/m0/s1. The first-order valence-electron chi connectivity index (χ1n) is 16.5. The number of ether oxygens (including phenoxy) is 3. The van der Waals surface area contributed by atoms with E-state index in [0.717, 1.165) is 31.3 Å². The molecule has 6 fully saturated rings. The molecule has 5 heteroatoms. The molecule has 0 amide bonds.